The van der Waals surface area contributed by atoms with E-state index in [1.807, 2.05) is 0 Å². The van der Waals surface area contributed by atoms with Crippen molar-refractivity contribution in [2.45, 2.75) is 29.6 Å². The predicted molar refractivity (Wildman–Crippen MR) is 81.9 cm³/mol. The Labute approximate surface area is 121 Å². The molecule has 0 saturated heterocycles. The summed E-state index contributed by atoms with van der Waals surface area (Å²) in [6.07, 6.45) is 7.84. The van der Waals surface area contributed by atoms with Crippen LogP contribution in [0.2, 0.25) is 0 Å². The molecule has 1 aromatic carbocycles. The lowest BCUT2D eigenvalue weighted by atomic mass is 9.84. The maximum Gasteiger partial charge on any atom is 0.159 e. The SMILES string of the molecule is O=C1CCc2ccccc2C(I)C2=C1CCC=C2. The normalized spacial score (nSPS) is 23.2. The molecule has 0 spiro atoms. The number of alkyl halides is 1. The van der Waals surface area contributed by atoms with Crippen LogP contribution in [0.15, 0.2) is 47.6 Å². The second-order valence-corrected chi connectivity index (χ2v) is 6.11. The Bertz CT molecular complexity index is 554. The zero-order valence-corrected chi connectivity index (χ0v) is 12.3. The second kappa shape index (κ2) is 5.00. The van der Waals surface area contributed by atoms with Gasteiger partial charge in [0.2, 0.25) is 0 Å². The molecule has 0 amide bonds. The molecule has 0 saturated carbocycles. The lowest BCUT2D eigenvalue weighted by Gasteiger charge is -2.24. The third-order valence-electron chi connectivity index (χ3n) is 3.77. The number of hydrogen-bond acceptors (Lipinski definition) is 1. The van der Waals surface area contributed by atoms with Gasteiger partial charge in [-0.05, 0) is 36.0 Å². The maximum atomic E-state index is 12.3. The molecule has 18 heavy (non-hydrogen) atoms. The first-order valence-electron chi connectivity index (χ1n) is 6.42. The van der Waals surface area contributed by atoms with Gasteiger partial charge in [0.15, 0.2) is 5.78 Å². The van der Waals surface area contributed by atoms with E-state index in [9.17, 15) is 4.79 Å². The Morgan fingerprint density at radius 2 is 1.94 bits per heavy atom. The number of Topliss-reactive ketones (excluding diaryl/α,β-unsaturated/α-hetero) is 1. The monoisotopic (exact) mass is 350 g/mol. The number of rotatable bonds is 0. The van der Waals surface area contributed by atoms with Gasteiger partial charge in [0.25, 0.3) is 0 Å². The standard InChI is InChI=1S/C16H15IO/c17-16-12-6-2-1-5-11(12)9-10-15(18)13-7-3-4-8-14(13)16/h1-2,4-6,8,16H,3,7,9-10H2. The van der Waals surface area contributed by atoms with E-state index >= 15 is 0 Å². The van der Waals surface area contributed by atoms with Gasteiger partial charge in [-0.1, -0.05) is 59.0 Å². The first-order valence-corrected chi connectivity index (χ1v) is 7.66. The van der Waals surface area contributed by atoms with Crippen LogP contribution in [-0.4, -0.2) is 5.78 Å². The van der Waals surface area contributed by atoms with E-state index in [0.29, 0.717) is 16.1 Å². The summed E-state index contributed by atoms with van der Waals surface area (Å²) in [5.74, 6) is 0.352. The molecule has 1 aromatic rings. The molecule has 3 rings (SSSR count). The van der Waals surface area contributed by atoms with Gasteiger partial charge < -0.3 is 0 Å². The molecule has 0 fully saturated rings. The molecular weight excluding hydrogens is 335 g/mol. The van der Waals surface area contributed by atoms with Crippen LogP contribution >= 0.6 is 22.6 Å². The number of carbonyl (C=O) groups excluding carboxylic acids is 1. The molecule has 1 unspecified atom stereocenters. The third kappa shape index (κ3) is 2.07. The number of allylic oxidation sites excluding steroid dienone is 4. The van der Waals surface area contributed by atoms with E-state index < -0.39 is 0 Å². The minimum Gasteiger partial charge on any atom is -0.295 e. The molecular formula is C16H15IO. The molecule has 0 N–H and O–H groups in total. The van der Waals surface area contributed by atoms with E-state index in [1.165, 1.54) is 16.7 Å². The summed E-state index contributed by atoms with van der Waals surface area (Å²) < 4.78 is 0.314. The average molecular weight is 350 g/mol. The van der Waals surface area contributed by atoms with Crippen LogP contribution in [0.3, 0.4) is 0 Å². The number of halogens is 1. The van der Waals surface area contributed by atoms with E-state index in [2.05, 4.69) is 59.0 Å². The predicted octanol–water partition coefficient (Wildman–Crippen LogP) is 4.32. The number of hydrogen-bond donors (Lipinski definition) is 0. The van der Waals surface area contributed by atoms with E-state index in [0.717, 1.165) is 24.8 Å². The van der Waals surface area contributed by atoms with E-state index in [-0.39, 0.29) is 0 Å². The van der Waals surface area contributed by atoms with E-state index in [4.69, 9.17) is 0 Å². The maximum absolute atomic E-state index is 12.3. The van der Waals surface area contributed by atoms with Gasteiger partial charge in [-0.15, -0.1) is 0 Å². The molecule has 1 nitrogen and oxygen atoms in total. The van der Waals surface area contributed by atoms with Crippen LogP contribution in [0.5, 0.6) is 0 Å². The summed E-state index contributed by atoms with van der Waals surface area (Å²) in [5, 5.41) is 0. The smallest absolute Gasteiger partial charge is 0.159 e. The molecule has 1 atom stereocenters. The lowest BCUT2D eigenvalue weighted by molar-refractivity contribution is -0.115. The number of benzene rings is 1. The van der Waals surface area contributed by atoms with Gasteiger partial charge in [0, 0.05) is 12.0 Å². The Kier molecular flexibility index (Phi) is 3.37. The quantitative estimate of drug-likeness (QED) is 0.503. The summed E-state index contributed by atoms with van der Waals surface area (Å²) >= 11 is 2.47. The van der Waals surface area contributed by atoms with Crippen molar-refractivity contribution in [1.82, 2.24) is 0 Å². The number of ketones is 1. The average Bonchev–Trinajstić information content (AvgIpc) is 2.43. The largest absolute Gasteiger partial charge is 0.295 e. The Balaban J connectivity index is 2.15. The first kappa shape index (κ1) is 12.2. The van der Waals surface area contributed by atoms with Crippen molar-refractivity contribution in [2.75, 3.05) is 0 Å². The van der Waals surface area contributed by atoms with Gasteiger partial charge >= 0.3 is 0 Å². The highest BCUT2D eigenvalue weighted by Gasteiger charge is 2.25. The summed E-state index contributed by atoms with van der Waals surface area (Å²) in [5.41, 5.74) is 5.02. The van der Waals surface area contributed by atoms with Gasteiger partial charge in [0.05, 0.1) is 3.92 Å². The minimum absolute atomic E-state index is 0.314. The van der Waals surface area contributed by atoms with E-state index in [1.54, 1.807) is 0 Å². The molecule has 2 aliphatic carbocycles. The van der Waals surface area contributed by atoms with Crippen molar-refractivity contribution in [2.24, 2.45) is 0 Å². The van der Waals surface area contributed by atoms with Gasteiger partial charge in [-0.25, -0.2) is 0 Å². The Morgan fingerprint density at radius 3 is 2.83 bits per heavy atom. The zero-order valence-electron chi connectivity index (χ0n) is 10.2. The molecule has 2 heteroatoms. The summed E-state index contributed by atoms with van der Waals surface area (Å²) in [7, 11) is 0. The fraction of sp³-hybridized carbons (Fsp3) is 0.312. The zero-order chi connectivity index (χ0) is 12.5. The summed E-state index contributed by atoms with van der Waals surface area (Å²) in [6.45, 7) is 0. The molecule has 0 heterocycles. The Morgan fingerprint density at radius 1 is 1.11 bits per heavy atom. The number of fused-ring (bicyclic) bond motifs is 1. The fourth-order valence-corrected chi connectivity index (χ4v) is 3.99. The van der Waals surface area contributed by atoms with Crippen LogP contribution in [-0.2, 0) is 11.2 Å². The minimum atomic E-state index is 0.314. The van der Waals surface area contributed by atoms with Crippen molar-refractivity contribution in [1.29, 1.82) is 0 Å². The molecule has 0 aliphatic heterocycles. The Hall–Kier alpha value is -0.900. The molecule has 92 valence electrons. The molecule has 0 radical (unpaired) electrons. The van der Waals surface area contributed by atoms with Crippen molar-refractivity contribution < 1.29 is 4.79 Å². The third-order valence-corrected chi connectivity index (χ3v) is 5.11. The van der Waals surface area contributed by atoms with Crippen LogP contribution in [0.4, 0.5) is 0 Å². The highest BCUT2D eigenvalue weighted by Crippen LogP contribution is 2.40. The van der Waals surface area contributed by atoms with Crippen LogP contribution < -0.4 is 0 Å². The van der Waals surface area contributed by atoms with Crippen molar-refractivity contribution in [3.05, 3.63) is 58.7 Å². The first-order chi connectivity index (χ1) is 8.77. The number of carbonyl (C=O) groups is 1. The highest BCUT2D eigenvalue weighted by molar-refractivity contribution is 14.1. The second-order valence-electron chi connectivity index (χ2n) is 4.86. The molecule has 0 aromatic heterocycles. The highest BCUT2D eigenvalue weighted by atomic mass is 127. The van der Waals surface area contributed by atoms with Crippen molar-refractivity contribution in [3.63, 3.8) is 0 Å². The van der Waals surface area contributed by atoms with Crippen molar-refractivity contribution >= 4 is 28.4 Å². The van der Waals surface area contributed by atoms with Crippen LogP contribution in [0, 0.1) is 0 Å². The van der Waals surface area contributed by atoms with Gasteiger partial charge in [-0.3, -0.25) is 4.79 Å². The summed E-state index contributed by atoms with van der Waals surface area (Å²) in [4.78, 5) is 12.3. The van der Waals surface area contributed by atoms with Crippen LogP contribution in [0.1, 0.15) is 34.3 Å². The van der Waals surface area contributed by atoms with Crippen LogP contribution in [0.25, 0.3) is 0 Å². The topological polar surface area (TPSA) is 17.1 Å². The van der Waals surface area contributed by atoms with Gasteiger partial charge in [0.1, 0.15) is 0 Å². The molecule has 0 bridgehead atoms. The fourth-order valence-electron chi connectivity index (χ4n) is 2.80. The van der Waals surface area contributed by atoms with Gasteiger partial charge in [-0.2, -0.15) is 0 Å². The number of aryl methyl sites for hydroxylation is 1. The summed E-state index contributed by atoms with van der Waals surface area (Å²) in [6, 6.07) is 8.53. The lowest BCUT2D eigenvalue weighted by Crippen LogP contribution is -2.15. The molecule has 2 aliphatic rings. The van der Waals surface area contributed by atoms with Crippen molar-refractivity contribution in [3.8, 4) is 0 Å².